The van der Waals surface area contributed by atoms with Crippen molar-refractivity contribution in [1.29, 1.82) is 0 Å². The molecule has 0 atom stereocenters. The number of anilines is 1. The lowest BCUT2D eigenvalue weighted by molar-refractivity contribution is 0.0690. The number of pyridine rings is 1. The van der Waals surface area contributed by atoms with Crippen LogP contribution in [0.5, 0.6) is 0 Å². The third-order valence-corrected chi connectivity index (χ3v) is 3.53. The van der Waals surface area contributed by atoms with Crippen molar-refractivity contribution in [2.45, 2.75) is 6.54 Å². The molecule has 0 aliphatic heterocycles. The van der Waals surface area contributed by atoms with E-state index in [1.807, 2.05) is 0 Å². The van der Waals surface area contributed by atoms with Gasteiger partial charge in [0.25, 0.3) is 0 Å². The quantitative estimate of drug-likeness (QED) is 0.827. The molecule has 0 radical (unpaired) electrons. The smallest absolute Gasteiger partial charge is 0.354 e. The van der Waals surface area contributed by atoms with Crippen LogP contribution in [0.1, 0.15) is 16.2 Å². The van der Waals surface area contributed by atoms with Gasteiger partial charge in [0, 0.05) is 4.47 Å². The zero-order chi connectivity index (χ0) is 14.7. The second kappa shape index (κ2) is 6.43. The first-order valence-corrected chi connectivity index (χ1v) is 7.10. The minimum absolute atomic E-state index is 0.00250. The molecular formula is C13H9BrCl2N2O2. The van der Waals surface area contributed by atoms with E-state index in [0.717, 1.165) is 4.47 Å². The largest absolute Gasteiger partial charge is 0.477 e. The Morgan fingerprint density at radius 2 is 1.95 bits per heavy atom. The summed E-state index contributed by atoms with van der Waals surface area (Å²) < 4.78 is 0.782. The van der Waals surface area contributed by atoms with E-state index in [-0.39, 0.29) is 5.69 Å². The van der Waals surface area contributed by atoms with Gasteiger partial charge in [0.15, 0.2) is 0 Å². The summed E-state index contributed by atoms with van der Waals surface area (Å²) in [5, 5.41) is 12.9. The van der Waals surface area contributed by atoms with E-state index in [0.29, 0.717) is 28.0 Å². The van der Waals surface area contributed by atoms with Gasteiger partial charge in [0.05, 0.1) is 28.0 Å². The Labute approximate surface area is 133 Å². The molecule has 4 nitrogen and oxygen atoms in total. The Bertz CT molecular complexity index is 642. The van der Waals surface area contributed by atoms with Crippen LogP contribution in [0.15, 0.2) is 34.8 Å². The highest BCUT2D eigenvalue weighted by atomic mass is 79.9. The Balaban J connectivity index is 2.17. The standard InChI is InChI=1S/C13H9BrCl2N2O2/c14-7-4-9(15)12(10(16)5-7)17-6-8-2-1-3-11(18-8)13(19)20/h1-5,17H,6H2,(H,19,20). The lowest BCUT2D eigenvalue weighted by Gasteiger charge is -2.11. The van der Waals surface area contributed by atoms with Gasteiger partial charge in [0.2, 0.25) is 0 Å². The molecule has 0 aliphatic carbocycles. The third-order valence-electron chi connectivity index (χ3n) is 2.48. The zero-order valence-electron chi connectivity index (χ0n) is 10.0. The molecule has 0 amide bonds. The van der Waals surface area contributed by atoms with Crippen molar-refractivity contribution in [1.82, 2.24) is 4.98 Å². The number of benzene rings is 1. The van der Waals surface area contributed by atoms with Gasteiger partial charge in [-0.15, -0.1) is 0 Å². The van der Waals surface area contributed by atoms with E-state index in [1.54, 1.807) is 24.3 Å². The average Bonchev–Trinajstić information content (AvgIpc) is 2.37. The minimum atomic E-state index is -1.06. The number of nitrogens with one attached hydrogen (secondary N) is 1. The van der Waals surface area contributed by atoms with Crippen LogP contribution < -0.4 is 5.32 Å². The molecule has 0 saturated heterocycles. The maximum Gasteiger partial charge on any atom is 0.354 e. The summed E-state index contributed by atoms with van der Waals surface area (Å²) in [5.74, 6) is -1.06. The summed E-state index contributed by atoms with van der Waals surface area (Å²) in [4.78, 5) is 14.8. The van der Waals surface area contributed by atoms with Gasteiger partial charge in [-0.2, -0.15) is 0 Å². The van der Waals surface area contributed by atoms with Gasteiger partial charge in [-0.05, 0) is 24.3 Å². The number of halogens is 3. The number of rotatable bonds is 4. The number of carboxylic acid groups (broad SMARTS) is 1. The van der Waals surface area contributed by atoms with Gasteiger partial charge in [-0.3, -0.25) is 0 Å². The van der Waals surface area contributed by atoms with Crippen molar-refractivity contribution >= 4 is 50.8 Å². The van der Waals surface area contributed by atoms with E-state index < -0.39 is 5.97 Å². The lowest BCUT2D eigenvalue weighted by Crippen LogP contribution is -2.07. The highest BCUT2D eigenvalue weighted by Gasteiger charge is 2.09. The highest BCUT2D eigenvalue weighted by molar-refractivity contribution is 9.10. The van der Waals surface area contributed by atoms with Crippen LogP contribution in [0.25, 0.3) is 0 Å². The molecule has 2 N–H and O–H groups in total. The number of aromatic carboxylic acids is 1. The second-order valence-corrected chi connectivity index (χ2v) is 5.65. The number of carbonyl (C=O) groups is 1. The Kier molecular flexibility index (Phi) is 4.86. The topological polar surface area (TPSA) is 62.2 Å². The molecule has 0 spiro atoms. The molecule has 0 bridgehead atoms. The zero-order valence-corrected chi connectivity index (χ0v) is 13.1. The van der Waals surface area contributed by atoms with Crippen molar-refractivity contribution in [3.05, 3.63) is 56.2 Å². The fraction of sp³-hybridized carbons (Fsp3) is 0.0769. The van der Waals surface area contributed by atoms with Gasteiger partial charge >= 0.3 is 5.97 Å². The predicted octanol–water partition coefficient (Wildman–Crippen LogP) is 4.46. The first-order valence-electron chi connectivity index (χ1n) is 5.55. The van der Waals surface area contributed by atoms with Crippen molar-refractivity contribution in [2.24, 2.45) is 0 Å². The molecule has 1 aromatic carbocycles. The summed E-state index contributed by atoms with van der Waals surface area (Å²) in [6.45, 7) is 0.322. The minimum Gasteiger partial charge on any atom is -0.477 e. The molecule has 1 aromatic heterocycles. The van der Waals surface area contributed by atoms with E-state index in [4.69, 9.17) is 28.3 Å². The molecule has 20 heavy (non-hydrogen) atoms. The SMILES string of the molecule is O=C(O)c1cccc(CNc2c(Cl)cc(Br)cc2Cl)n1. The molecule has 2 aromatic rings. The normalized spacial score (nSPS) is 10.3. The first kappa shape index (κ1) is 15.1. The molecule has 0 fully saturated rings. The van der Waals surface area contributed by atoms with Crippen LogP contribution in [0.4, 0.5) is 5.69 Å². The summed E-state index contributed by atoms with van der Waals surface area (Å²) in [5.41, 5.74) is 1.16. The first-order chi connectivity index (χ1) is 9.47. The van der Waals surface area contributed by atoms with Crippen LogP contribution in [0, 0.1) is 0 Å². The Morgan fingerprint density at radius 3 is 2.55 bits per heavy atom. The van der Waals surface area contributed by atoms with Gasteiger partial charge < -0.3 is 10.4 Å². The molecule has 0 unspecified atom stereocenters. The number of hydrogen-bond donors (Lipinski definition) is 2. The van der Waals surface area contributed by atoms with Crippen molar-refractivity contribution in [2.75, 3.05) is 5.32 Å². The summed E-state index contributed by atoms with van der Waals surface area (Å²) in [6.07, 6.45) is 0. The van der Waals surface area contributed by atoms with Crippen molar-refractivity contribution in [3.8, 4) is 0 Å². The van der Waals surface area contributed by atoms with Crippen LogP contribution in [0.2, 0.25) is 10.0 Å². The van der Waals surface area contributed by atoms with E-state index in [1.165, 1.54) is 6.07 Å². The van der Waals surface area contributed by atoms with Crippen LogP contribution in [-0.2, 0) is 6.54 Å². The van der Waals surface area contributed by atoms with Gasteiger partial charge in [-0.1, -0.05) is 45.2 Å². The monoisotopic (exact) mass is 374 g/mol. The van der Waals surface area contributed by atoms with Crippen molar-refractivity contribution < 1.29 is 9.90 Å². The Hall–Kier alpha value is -1.30. The van der Waals surface area contributed by atoms with Crippen molar-refractivity contribution in [3.63, 3.8) is 0 Å². The molecule has 0 saturated carbocycles. The van der Waals surface area contributed by atoms with Gasteiger partial charge in [-0.25, -0.2) is 9.78 Å². The summed E-state index contributed by atoms with van der Waals surface area (Å²) >= 11 is 15.5. The lowest BCUT2D eigenvalue weighted by atomic mass is 10.2. The third kappa shape index (κ3) is 3.62. The summed E-state index contributed by atoms with van der Waals surface area (Å²) in [7, 11) is 0. The maximum absolute atomic E-state index is 10.8. The maximum atomic E-state index is 10.8. The predicted molar refractivity (Wildman–Crippen MR) is 82.7 cm³/mol. The van der Waals surface area contributed by atoms with Crippen LogP contribution in [-0.4, -0.2) is 16.1 Å². The molecular weight excluding hydrogens is 367 g/mol. The van der Waals surface area contributed by atoms with Crippen LogP contribution in [0.3, 0.4) is 0 Å². The number of carboxylic acids is 1. The highest BCUT2D eigenvalue weighted by Crippen LogP contribution is 2.33. The van der Waals surface area contributed by atoms with E-state index in [9.17, 15) is 4.79 Å². The summed E-state index contributed by atoms with van der Waals surface area (Å²) in [6, 6.07) is 8.23. The number of nitrogens with zero attached hydrogens (tertiary/aromatic N) is 1. The fourth-order valence-corrected chi connectivity index (χ4v) is 2.93. The molecule has 0 aliphatic rings. The van der Waals surface area contributed by atoms with E-state index >= 15 is 0 Å². The van der Waals surface area contributed by atoms with Gasteiger partial charge in [0.1, 0.15) is 5.69 Å². The number of hydrogen-bond acceptors (Lipinski definition) is 3. The van der Waals surface area contributed by atoms with Crippen LogP contribution >= 0.6 is 39.1 Å². The van der Waals surface area contributed by atoms with E-state index in [2.05, 4.69) is 26.2 Å². The second-order valence-electron chi connectivity index (χ2n) is 3.92. The molecule has 104 valence electrons. The fourth-order valence-electron chi connectivity index (χ4n) is 1.59. The average molecular weight is 376 g/mol. The number of aromatic nitrogens is 1. The molecule has 1 heterocycles. The molecule has 7 heteroatoms. The Morgan fingerprint density at radius 1 is 1.30 bits per heavy atom. The molecule has 2 rings (SSSR count).